The minimum absolute atomic E-state index is 0.0285. The molecule has 2 amide bonds. The maximum Gasteiger partial charge on any atom is 0.264 e. The molecule has 0 saturated carbocycles. The average molecular weight is 688 g/mol. The highest BCUT2D eigenvalue weighted by Crippen LogP contribution is 2.32. The van der Waals surface area contributed by atoms with E-state index in [-0.39, 0.29) is 35.4 Å². The summed E-state index contributed by atoms with van der Waals surface area (Å²) in [7, 11) is 0.102. The van der Waals surface area contributed by atoms with Crippen LogP contribution in [0.25, 0.3) is 0 Å². The van der Waals surface area contributed by atoms with Crippen molar-refractivity contribution < 1.29 is 32.2 Å². The third-order valence-corrected chi connectivity index (χ3v) is 9.76. The van der Waals surface area contributed by atoms with Crippen LogP contribution in [0.2, 0.25) is 0 Å². The summed E-state index contributed by atoms with van der Waals surface area (Å²) in [5.74, 6) is 0.452. The van der Waals surface area contributed by atoms with Gasteiger partial charge in [-0.25, -0.2) is 8.42 Å². The molecule has 1 N–H and O–H groups in total. The third kappa shape index (κ3) is 9.54. The van der Waals surface area contributed by atoms with Crippen LogP contribution in [0.4, 0.5) is 5.69 Å². The number of carbonyl (C=O) groups is 2. The van der Waals surface area contributed by atoms with Crippen LogP contribution in [-0.2, 0) is 32.6 Å². The van der Waals surface area contributed by atoms with E-state index in [2.05, 4.69) is 5.32 Å². The molecule has 0 aliphatic heterocycles. The van der Waals surface area contributed by atoms with Gasteiger partial charge in [-0.15, -0.1) is 0 Å². The molecule has 4 aromatic rings. The van der Waals surface area contributed by atoms with Gasteiger partial charge in [0.2, 0.25) is 11.8 Å². The van der Waals surface area contributed by atoms with Crippen LogP contribution < -0.4 is 23.8 Å². The van der Waals surface area contributed by atoms with Crippen LogP contribution in [0.15, 0.2) is 102 Å². The molecule has 10 nitrogen and oxygen atoms in total. The van der Waals surface area contributed by atoms with Gasteiger partial charge < -0.3 is 24.4 Å². The van der Waals surface area contributed by atoms with Crippen molar-refractivity contribution in [2.24, 2.45) is 5.92 Å². The normalized spacial score (nSPS) is 11.8. The number of carbonyl (C=O) groups excluding carboxylic acids is 2. The zero-order valence-corrected chi connectivity index (χ0v) is 29.7. The highest BCUT2D eigenvalue weighted by Gasteiger charge is 2.35. The van der Waals surface area contributed by atoms with Crippen LogP contribution in [0.3, 0.4) is 0 Å². The number of nitrogens with one attached hydrogen (secondary N) is 1. The van der Waals surface area contributed by atoms with Gasteiger partial charge in [-0.1, -0.05) is 74.0 Å². The third-order valence-electron chi connectivity index (χ3n) is 7.99. The summed E-state index contributed by atoms with van der Waals surface area (Å²) in [4.78, 5) is 30.0. The molecule has 0 aromatic heterocycles. The lowest BCUT2D eigenvalue weighted by atomic mass is 10.0. The summed E-state index contributed by atoms with van der Waals surface area (Å²) in [6.45, 7) is 5.73. The lowest BCUT2D eigenvalue weighted by Gasteiger charge is -2.34. The van der Waals surface area contributed by atoms with Crippen LogP contribution in [-0.4, -0.2) is 65.6 Å². The van der Waals surface area contributed by atoms with Gasteiger partial charge in [-0.2, -0.15) is 0 Å². The molecule has 0 fully saturated rings. The first-order chi connectivity index (χ1) is 23.5. The molecule has 0 aliphatic rings. The Kier molecular flexibility index (Phi) is 12.7. The molecular weight excluding hydrogens is 642 g/mol. The van der Waals surface area contributed by atoms with Gasteiger partial charge in [0.05, 0.1) is 31.9 Å². The smallest absolute Gasteiger partial charge is 0.264 e. The first kappa shape index (κ1) is 36.8. The Hall–Kier alpha value is -5.03. The quantitative estimate of drug-likeness (QED) is 0.163. The standard InChI is InChI=1S/C38H45N3O7S/c1-27(2)24-39-38(43)34(22-29-11-8-7-9-12-29)40(25-30-13-10-14-32(21-30)46-4)37(42)26-41(31-17-15-28(3)16-18-31)49(44,45)33-19-20-35(47-5)36(23-33)48-6/h7-21,23,27,34H,22,24-26H2,1-6H3,(H,39,43). The largest absolute Gasteiger partial charge is 0.497 e. The van der Waals surface area contributed by atoms with E-state index < -0.39 is 28.5 Å². The lowest BCUT2D eigenvalue weighted by Crippen LogP contribution is -2.53. The van der Waals surface area contributed by atoms with E-state index in [0.29, 0.717) is 29.3 Å². The van der Waals surface area contributed by atoms with Gasteiger partial charge in [0, 0.05) is 25.6 Å². The van der Waals surface area contributed by atoms with E-state index in [4.69, 9.17) is 14.2 Å². The highest BCUT2D eigenvalue weighted by molar-refractivity contribution is 7.92. The van der Waals surface area contributed by atoms with Crippen molar-refractivity contribution in [3.8, 4) is 17.2 Å². The highest BCUT2D eigenvalue weighted by atomic mass is 32.2. The molecule has 4 rings (SSSR count). The second-order valence-electron chi connectivity index (χ2n) is 12.1. The summed E-state index contributed by atoms with van der Waals surface area (Å²) in [5, 5.41) is 3.00. The van der Waals surface area contributed by atoms with Crippen molar-refractivity contribution in [1.29, 1.82) is 0 Å². The summed E-state index contributed by atoms with van der Waals surface area (Å²) in [5.41, 5.74) is 2.78. The molecule has 260 valence electrons. The maximum atomic E-state index is 14.7. The number of methoxy groups -OCH3 is 3. The van der Waals surface area contributed by atoms with Crippen molar-refractivity contribution in [2.75, 3.05) is 38.7 Å². The topological polar surface area (TPSA) is 114 Å². The summed E-state index contributed by atoms with van der Waals surface area (Å²) < 4.78 is 46.1. The van der Waals surface area contributed by atoms with E-state index in [1.54, 1.807) is 43.5 Å². The van der Waals surface area contributed by atoms with Crippen LogP contribution in [0.1, 0.15) is 30.5 Å². The van der Waals surface area contributed by atoms with E-state index in [1.165, 1.54) is 37.3 Å². The Bertz CT molecular complexity index is 1810. The number of amides is 2. The van der Waals surface area contributed by atoms with Gasteiger partial charge in [0.1, 0.15) is 18.3 Å². The van der Waals surface area contributed by atoms with E-state index >= 15 is 0 Å². The fraction of sp³-hybridized carbons (Fsp3) is 0.316. The number of ether oxygens (including phenoxy) is 3. The maximum absolute atomic E-state index is 14.7. The Balaban J connectivity index is 1.83. The Morgan fingerprint density at radius 1 is 0.776 bits per heavy atom. The van der Waals surface area contributed by atoms with Crippen molar-refractivity contribution in [3.05, 3.63) is 114 Å². The van der Waals surface area contributed by atoms with Gasteiger partial charge in [-0.3, -0.25) is 13.9 Å². The average Bonchev–Trinajstić information content (AvgIpc) is 3.11. The van der Waals surface area contributed by atoms with Gasteiger partial charge in [0.15, 0.2) is 11.5 Å². The van der Waals surface area contributed by atoms with E-state index in [1.807, 2.05) is 63.2 Å². The van der Waals surface area contributed by atoms with E-state index in [9.17, 15) is 18.0 Å². The number of hydrogen-bond acceptors (Lipinski definition) is 7. The Labute approximate surface area is 289 Å². The number of benzene rings is 4. The molecule has 49 heavy (non-hydrogen) atoms. The number of hydrogen-bond donors (Lipinski definition) is 1. The zero-order valence-electron chi connectivity index (χ0n) is 28.9. The first-order valence-corrected chi connectivity index (χ1v) is 17.5. The second kappa shape index (κ2) is 16.9. The van der Waals surface area contributed by atoms with Gasteiger partial charge in [-0.05, 0) is 60.4 Å². The molecule has 0 spiro atoms. The molecule has 4 aromatic carbocycles. The zero-order chi connectivity index (χ0) is 35.6. The van der Waals surface area contributed by atoms with Crippen molar-refractivity contribution in [3.63, 3.8) is 0 Å². The molecule has 0 saturated heterocycles. The number of sulfonamides is 1. The monoisotopic (exact) mass is 687 g/mol. The minimum atomic E-state index is -4.33. The molecule has 0 bridgehead atoms. The number of nitrogens with zero attached hydrogens (tertiary/aromatic N) is 2. The minimum Gasteiger partial charge on any atom is -0.497 e. The molecular formula is C38H45N3O7S. The summed E-state index contributed by atoms with van der Waals surface area (Å²) in [6, 6.07) is 26.9. The van der Waals surface area contributed by atoms with Crippen molar-refractivity contribution in [1.82, 2.24) is 10.2 Å². The molecule has 0 aliphatic carbocycles. The number of aryl methyl sites for hydroxylation is 1. The van der Waals surface area contributed by atoms with Crippen molar-refractivity contribution in [2.45, 2.75) is 44.7 Å². The molecule has 0 heterocycles. The summed E-state index contributed by atoms with van der Waals surface area (Å²) in [6.07, 6.45) is 0.216. The van der Waals surface area contributed by atoms with Crippen LogP contribution >= 0.6 is 0 Å². The fourth-order valence-electron chi connectivity index (χ4n) is 5.29. The van der Waals surface area contributed by atoms with E-state index in [0.717, 1.165) is 15.4 Å². The molecule has 1 unspecified atom stereocenters. The molecule has 11 heteroatoms. The number of rotatable bonds is 16. The Morgan fingerprint density at radius 3 is 2.08 bits per heavy atom. The SMILES string of the molecule is COc1cccc(CN(C(=O)CN(c2ccc(C)cc2)S(=O)(=O)c2ccc(OC)c(OC)c2)C(Cc2ccccc2)C(=O)NCC(C)C)c1. The van der Waals surface area contributed by atoms with Gasteiger partial charge in [0.25, 0.3) is 10.0 Å². The predicted molar refractivity (Wildman–Crippen MR) is 191 cm³/mol. The summed E-state index contributed by atoms with van der Waals surface area (Å²) >= 11 is 0. The van der Waals surface area contributed by atoms with Gasteiger partial charge >= 0.3 is 0 Å². The first-order valence-electron chi connectivity index (χ1n) is 16.0. The van der Waals surface area contributed by atoms with Crippen molar-refractivity contribution >= 4 is 27.5 Å². The lowest BCUT2D eigenvalue weighted by molar-refractivity contribution is -0.140. The Morgan fingerprint density at radius 2 is 1.45 bits per heavy atom. The molecule has 0 radical (unpaired) electrons. The van der Waals surface area contributed by atoms with Crippen LogP contribution in [0.5, 0.6) is 17.2 Å². The second-order valence-corrected chi connectivity index (χ2v) is 13.9. The number of anilines is 1. The molecule has 1 atom stereocenters. The fourth-order valence-corrected chi connectivity index (χ4v) is 6.72. The predicted octanol–water partition coefficient (Wildman–Crippen LogP) is 5.63. The van der Waals surface area contributed by atoms with Crippen LogP contribution in [0, 0.1) is 12.8 Å².